The lowest BCUT2D eigenvalue weighted by Crippen LogP contribution is -2.38. The fraction of sp³-hybridized carbons (Fsp3) is 0.370. The van der Waals surface area contributed by atoms with Crippen molar-refractivity contribution in [1.82, 2.24) is 14.8 Å². The SMILES string of the molecule is COCCn1cc(C(=O)N2CCC(c3cc(CNC(=O)C(F)(F)F)ccc3F)CC2)c2cccc(C#N)c21. The van der Waals surface area contributed by atoms with Gasteiger partial charge in [0, 0.05) is 44.9 Å². The second-order valence-electron chi connectivity index (χ2n) is 9.15. The van der Waals surface area contributed by atoms with Crippen molar-refractivity contribution in [2.45, 2.75) is 38.0 Å². The van der Waals surface area contributed by atoms with Crippen LogP contribution in [-0.2, 0) is 22.6 Å². The molecule has 38 heavy (non-hydrogen) atoms. The molecule has 2 amide bonds. The van der Waals surface area contributed by atoms with Gasteiger partial charge in [-0.05, 0) is 42.0 Å². The van der Waals surface area contributed by atoms with E-state index in [-0.39, 0.29) is 18.4 Å². The molecule has 1 aliphatic rings. The number of para-hydroxylation sites is 1. The van der Waals surface area contributed by atoms with Crippen molar-refractivity contribution in [1.29, 1.82) is 5.26 Å². The van der Waals surface area contributed by atoms with Crippen LogP contribution in [0.3, 0.4) is 0 Å². The highest BCUT2D eigenvalue weighted by atomic mass is 19.4. The van der Waals surface area contributed by atoms with Gasteiger partial charge in [0.05, 0.1) is 23.3 Å². The average Bonchev–Trinajstić information content (AvgIpc) is 3.29. The van der Waals surface area contributed by atoms with E-state index in [0.717, 1.165) is 0 Å². The molecule has 0 spiro atoms. The summed E-state index contributed by atoms with van der Waals surface area (Å²) in [6, 6.07) is 11.4. The summed E-state index contributed by atoms with van der Waals surface area (Å²) in [6.45, 7) is 1.23. The van der Waals surface area contributed by atoms with Gasteiger partial charge in [-0.3, -0.25) is 9.59 Å². The Hall–Kier alpha value is -3.91. The summed E-state index contributed by atoms with van der Waals surface area (Å²) in [4.78, 5) is 26.3. The average molecular weight is 531 g/mol. The van der Waals surface area contributed by atoms with Crippen LogP contribution in [0.15, 0.2) is 42.6 Å². The van der Waals surface area contributed by atoms with Crippen LogP contribution >= 0.6 is 0 Å². The number of likely N-dealkylation sites (tertiary alicyclic amines) is 1. The van der Waals surface area contributed by atoms with Gasteiger partial charge in [0.25, 0.3) is 5.91 Å². The summed E-state index contributed by atoms with van der Waals surface area (Å²) in [6.07, 6.45) is -2.33. The number of amides is 2. The molecular weight excluding hydrogens is 504 g/mol. The zero-order valence-electron chi connectivity index (χ0n) is 20.6. The minimum Gasteiger partial charge on any atom is -0.383 e. The Morgan fingerprint density at radius 3 is 2.58 bits per heavy atom. The molecule has 2 heterocycles. The number of benzene rings is 2. The zero-order chi connectivity index (χ0) is 27.4. The number of halogens is 4. The first-order valence-electron chi connectivity index (χ1n) is 12.1. The number of alkyl halides is 3. The van der Waals surface area contributed by atoms with Crippen LogP contribution in [0.4, 0.5) is 17.6 Å². The van der Waals surface area contributed by atoms with Crippen molar-refractivity contribution in [2.24, 2.45) is 0 Å². The number of methoxy groups -OCH3 is 1. The standard InChI is InChI=1S/C27H26F4N4O3/c1-38-12-11-35-16-22(20-4-2-3-19(14-32)24(20)35)25(36)34-9-7-18(8-10-34)21-13-17(5-6-23(21)28)15-33-26(37)27(29,30)31/h2-6,13,16,18H,7-12,15H2,1H3,(H,33,37). The van der Waals surface area contributed by atoms with E-state index in [0.29, 0.717) is 72.2 Å². The predicted octanol–water partition coefficient (Wildman–Crippen LogP) is 4.50. The number of carbonyl (C=O) groups is 2. The van der Waals surface area contributed by atoms with Gasteiger partial charge >= 0.3 is 12.1 Å². The molecule has 1 aliphatic heterocycles. The van der Waals surface area contributed by atoms with Crippen molar-refractivity contribution in [3.8, 4) is 6.07 Å². The lowest BCUT2D eigenvalue weighted by molar-refractivity contribution is -0.173. The highest BCUT2D eigenvalue weighted by molar-refractivity contribution is 6.08. The summed E-state index contributed by atoms with van der Waals surface area (Å²) in [7, 11) is 1.57. The van der Waals surface area contributed by atoms with E-state index in [1.807, 2.05) is 4.57 Å². The second-order valence-corrected chi connectivity index (χ2v) is 9.15. The third kappa shape index (κ3) is 5.65. The first-order valence-corrected chi connectivity index (χ1v) is 12.1. The molecule has 11 heteroatoms. The number of nitrogens with one attached hydrogen (secondary N) is 1. The summed E-state index contributed by atoms with van der Waals surface area (Å²) < 4.78 is 59.0. The van der Waals surface area contributed by atoms with Crippen LogP contribution in [0.25, 0.3) is 10.9 Å². The smallest absolute Gasteiger partial charge is 0.383 e. The highest BCUT2D eigenvalue weighted by Crippen LogP contribution is 2.33. The Bertz CT molecular complexity index is 1390. The Balaban J connectivity index is 1.48. The van der Waals surface area contributed by atoms with E-state index in [1.165, 1.54) is 18.2 Å². The maximum absolute atomic E-state index is 14.6. The Labute approximate surface area is 216 Å². The highest BCUT2D eigenvalue weighted by Gasteiger charge is 2.38. The number of nitriles is 1. The molecule has 0 aliphatic carbocycles. The molecule has 1 aromatic heterocycles. The molecule has 7 nitrogen and oxygen atoms in total. The van der Waals surface area contributed by atoms with Crippen LogP contribution in [0.5, 0.6) is 0 Å². The van der Waals surface area contributed by atoms with Crippen molar-refractivity contribution in [3.05, 3.63) is 70.7 Å². The molecule has 1 fully saturated rings. The molecule has 1 N–H and O–H groups in total. The van der Waals surface area contributed by atoms with Crippen LogP contribution in [0.1, 0.15) is 45.8 Å². The molecule has 0 saturated carbocycles. The minimum atomic E-state index is -4.99. The number of hydrogen-bond donors (Lipinski definition) is 1. The molecule has 0 radical (unpaired) electrons. The van der Waals surface area contributed by atoms with Gasteiger partial charge in [0.15, 0.2) is 0 Å². The van der Waals surface area contributed by atoms with Crippen molar-refractivity contribution >= 4 is 22.7 Å². The third-order valence-corrected chi connectivity index (χ3v) is 6.78. The lowest BCUT2D eigenvalue weighted by atomic mass is 9.88. The van der Waals surface area contributed by atoms with Gasteiger partial charge in [-0.15, -0.1) is 0 Å². The van der Waals surface area contributed by atoms with E-state index in [4.69, 9.17) is 4.74 Å². The number of aromatic nitrogens is 1. The molecule has 200 valence electrons. The normalized spacial score (nSPS) is 14.5. The fourth-order valence-electron chi connectivity index (χ4n) is 4.85. The summed E-state index contributed by atoms with van der Waals surface area (Å²) in [5, 5.41) is 12.0. The van der Waals surface area contributed by atoms with Crippen molar-refractivity contribution < 1.29 is 31.9 Å². The Kier molecular flexibility index (Phi) is 8.02. The topological polar surface area (TPSA) is 87.4 Å². The van der Waals surface area contributed by atoms with E-state index in [2.05, 4.69) is 6.07 Å². The van der Waals surface area contributed by atoms with Crippen molar-refractivity contribution in [3.63, 3.8) is 0 Å². The Morgan fingerprint density at radius 2 is 1.92 bits per heavy atom. The lowest BCUT2D eigenvalue weighted by Gasteiger charge is -2.32. The van der Waals surface area contributed by atoms with Gasteiger partial charge in [0.2, 0.25) is 0 Å². The van der Waals surface area contributed by atoms with Gasteiger partial charge in [0.1, 0.15) is 11.9 Å². The van der Waals surface area contributed by atoms with E-state index < -0.39 is 17.9 Å². The van der Waals surface area contributed by atoms with Crippen LogP contribution in [-0.4, -0.2) is 54.3 Å². The number of hydrogen-bond acceptors (Lipinski definition) is 4. The summed E-state index contributed by atoms with van der Waals surface area (Å²) in [5.41, 5.74) is 2.31. The maximum Gasteiger partial charge on any atom is 0.471 e. The van der Waals surface area contributed by atoms with E-state index >= 15 is 0 Å². The van der Waals surface area contributed by atoms with Crippen LogP contribution in [0, 0.1) is 17.1 Å². The first-order chi connectivity index (χ1) is 18.1. The molecule has 4 rings (SSSR count). The first kappa shape index (κ1) is 27.1. The molecule has 3 aromatic rings. The van der Waals surface area contributed by atoms with E-state index in [1.54, 1.807) is 41.7 Å². The van der Waals surface area contributed by atoms with Crippen LogP contribution in [0.2, 0.25) is 0 Å². The Morgan fingerprint density at radius 1 is 1.18 bits per heavy atom. The maximum atomic E-state index is 14.6. The fourth-order valence-corrected chi connectivity index (χ4v) is 4.85. The molecule has 0 bridgehead atoms. The number of fused-ring (bicyclic) bond motifs is 1. The van der Waals surface area contributed by atoms with Crippen molar-refractivity contribution in [2.75, 3.05) is 26.8 Å². The largest absolute Gasteiger partial charge is 0.471 e. The number of rotatable bonds is 7. The van der Waals surface area contributed by atoms with Gasteiger partial charge in [-0.1, -0.05) is 24.3 Å². The zero-order valence-corrected chi connectivity index (χ0v) is 20.6. The van der Waals surface area contributed by atoms with Crippen LogP contribution < -0.4 is 5.32 Å². The monoisotopic (exact) mass is 530 g/mol. The molecular formula is C27H26F4N4O3. The number of nitrogens with zero attached hydrogens (tertiary/aromatic N) is 3. The third-order valence-electron chi connectivity index (χ3n) is 6.78. The van der Waals surface area contributed by atoms with E-state index in [9.17, 15) is 32.4 Å². The predicted molar refractivity (Wildman–Crippen MR) is 131 cm³/mol. The van der Waals surface area contributed by atoms with Gasteiger partial charge in [-0.2, -0.15) is 18.4 Å². The summed E-state index contributed by atoms with van der Waals surface area (Å²) in [5.74, 6) is -2.96. The second kappa shape index (κ2) is 11.2. The number of piperidine rings is 1. The van der Waals surface area contributed by atoms with Gasteiger partial charge < -0.3 is 19.5 Å². The van der Waals surface area contributed by atoms with Gasteiger partial charge in [-0.25, -0.2) is 4.39 Å². The molecule has 1 saturated heterocycles. The molecule has 2 aromatic carbocycles. The summed E-state index contributed by atoms with van der Waals surface area (Å²) >= 11 is 0. The number of carbonyl (C=O) groups excluding carboxylic acids is 2. The minimum absolute atomic E-state index is 0.191. The number of ether oxygens (including phenoxy) is 1. The molecule has 0 atom stereocenters. The quantitative estimate of drug-likeness (QED) is 0.456. The molecule has 0 unspecified atom stereocenters.